The van der Waals surface area contributed by atoms with Crippen LogP contribution in [0.2, 0.25) is 0 Å². The van der Waals surface area contributed by atoms with Crippen LogP contribution in [0.1, 0.15) is 64.5 Å². The molecular weight excluding hydrogens is 266 g/mol. The predicted octanol–water partition coefficient (Wildman–Crippen LogP) is 4.69. The Kier molecular flexibility index (Phi) is 4.64. The molecule has 0 bridgehead atoms. The Labute approximate surface area is 127 Å². The van der Waals surface area contributed by atoms with Crippen LogP contribution in [0.25, 0.3) is 0 Å². The van der Waals surface area contributed by atoms with Crippen molar-refractivity contribution in [3.05, 3.63) is 23.7 Å². The van der Waals surface area contributed by atoms with Crippen LogP contribution in [-0.4, -0.2) is 23.1 Å². The molecule has 0 spiro atoms. The zero-order chi connectivity index (χ0) is 15.6. The molecule has 0 aromatic carbocycles. The summed E-state index contributed by atoms with van der Waals surface area (Å²) < 4.78 is 11.3. The molecule has 2 rings (SSSR count). The van der Waals surface area contributed by atoms with Gasteiger partial charge in [-0.25, -0.2) is 4.79 Å². The Morgan fingerprint density at radius 2 is 2.14 bits per heavy atom. The lowest BCUT2D eigenvalue weighted by atomic mass is 9.88. The maximum atomic E-state index is 12.5. The number of ether oxygens (including phenoxy) is 1. The fraction of sp³-hybridized carbons (Fsp3) is 0.706. The average Bonchev–Trinajstić information content (AvgIpc) is 2.82. The van der Waals surface area contributed by atoms with Crippen molar-refractivity contribution >= 4 is 6.09 Å². The summed E-state index contributed by atoms with van der Waals surface area (Å²) in [6, 6.07) is 3.93. The summed E-state index contributed by atoms with van der Waals surface area (Å²) in [7, 11) is 0. The number of nitrogens with zero attached hydrogens (tertiary/aromatic N) is 1. The highest BCUT2D eigenvalue weighted by molar-refractivity contribution is 5.69. The van der Waals surface area contributed by atoms with E-state index in [1.165, 1.54) is 0 Å². The highest BCUT2D eigenvalue weighted by atomic mass is 16.6. The van der Waals surface area contributed by atoms with Crippen LogP contribution in [0.4, 0.5) is 4.79 Å². The molecule has 1 aromatic heterocycles. The Balaban J connectivity index is 2.19. The molecule has 1 amide bonds. The number of furan rings is 1. The third-order valence-electron chi connectivity index (χ3n) is 4.01. The van der Waals surface area contributed by atoms with Crippen molar-refractivity contribution in [3.63, 3.8) is 0 Å². The van der Waals surface area contributed by atoms with Crippen molar-refractivity contribution in [2.24, 2.45) is 5.92 Å². The van der Waals surface area contributed by atoms with Gasteiger partial charge in [0.2, 0.25) is 0 Å². The van der Waals surface area contributed by atoms with Gasteiger partial charge in [-0.2, -0.15) is 0 Å². The van der Waals surface area contributed by atoms with E-state index in [1.54, 1.807) is 0 Å². The molecule has 1 aromatic rings. The lowest BCUT2D eigenvalue weighted by Crippen LogP contribution is -2.43. The minimum Gasteiger partial charge on any atom is -0.464 e. The second-order valence-corrected chi connectivity index (χ2v) is 6.94. The quantitative estimate of drug-likeness (QED) is 0.794. The molecule has 0 N–H and O–H groups in total. The summed E-state index contributed by atoms with van der Waals surface area (Å²) in [6.45, 7) is 10.6. The second-order valence-electron chi connectivity index (χ2n) is 6.94. The van der Waals surface area contributed by atoms with Gasteiger partial charge in [-0.05, 0) is 58.6 Å². The Morgan fingerprint density at radius 1 is 1.43 bits per heavy atom. The number of rotatable bonds is 2. The van der Waals surface area contributed by atoms with Crippen molar-refractivity contribution < 1.29 is 13.9 Å². The van der Waals surface area contributed by atoms with Crippen molar-refractivity contribution in [2.45, 2.75) is 65.5 Å². The highest BCUT2D eigenvalue weighted by Gasteiger charge is 2.36. The SMILES string of the molecule is CCC1CCN(C(=O)OC(C)(C)C)C(c2ccc(C)o2)C1. The summed E-state index contributed by atoms with van der Waals surface area (Å²) >= 11 is 0. The summed E-state index contributed by atoms with van der Waals surface area (Å²) in [6.07, 6.45) is 2.88. The van der Waals surface area contributed by atoms with Gasteiger partial charge in [0.05, 0.1) is 6.04 Å². The number of likely N-dealkylation sites (tertiary alicyclic amines) is 1. The largest absolute Gasteiger partial charge is 0.464 e. The first kappa shape index (κ1) is 15.9. The lowest BCUT2D eigenvalue weighted by Gasteiger charge is -2.38. The van der Waals surface area contributed by atoms with Gasteiger partial charge in [-0.3, -0.25) is 4.90 Å². The number of carbonyl (C=O) groups is 1. The first-order valence-electron chi connectivity index (χ1n) is 7.86. The van der Waals surface area contributed by atoms with Crippen LogP contribution in [0.5, 0.6) is 0 Å². The third-order valence-corrected chi connectivity index (χ3v) is 4.01. The Morgan fingerprint density at radius 3 is 2.67 bits per heavy atom. The molecular formula is C17H27NO3. The smallest absolute Gasteiger partial charge is 0.410 e. The van der Waals surface area contributed by atoms with E-state index in [4.69, 9.17) is 9.15 Å². The fourth-order valence-corrected chi connectivity index (χ4v) is 2.85. The minimum absolute atomic E-state index is 0.00718. The van der Waals surface area contributed by atoms with Crippen molar-refractivity contribution in [1.82, 2.24) is 4.90 Å². The van der Waals surface area contributed by atoms with E-state index in [0.717, 1.165) is 37.3 Å². The van der Waals surface area contributed by atoms with Gasteiger partial charge >= 0.3 is 6.09 Å². The monoisotopic (exact) mass is 293 g/mol. The third kappa shape index (κ3) is 4.02. The van der Waals surface area contributed by atoms with Crippen molar-refractivity contribution in [1.29, 1.82) is 0 Å². The molecule has 2 heterocycles. The first-order chi connectivity index (χ1) is 9.80. The van der Waals surface area contributed by atoms with Gasteiger partial charge in [0.1, 0.15) is 17.1 Å². The molecule has 0 radical (unpaired) electrons. The first-order valence-corrected chi connectivity index (χ1v) is 7.86. The lowest BCUT2D eigenvalue weighted by molar-refractivity contribution is 0.000693. The van der Waals surface area contributed by atoms with Crippen LogP contribution in [0.15, 0.2) is 16.5 Å². The van der Waals surface area contributed by atoms with Crippen LogP contribution in [0.3, 0.4) is 0 Å². The standard InChI is InChI=1S/C17H27NO3/c1-6-13-9-10-18(16(19)21-17(3,4)5)14(11-13)15-8-7-12(2)20-15/h7-8,13-14H,6,9-11H2,1-5H3. The number of piperidine rings is 1. The minimum atomic E-state index is -0.470. The fourth-order valence-electron chi connectivity index (χ4n) is 2.85. The maximum Gasteiger partial charge on any atom is 0.410 e. The van der Waals surface area contributed by atoms with E-state index in [-0.39, 0.29) is 12.1 Å². The predicted molar refractivity (Wildman–Crippen MR) is 82.1 cm³/mol. The zero-order valence-electron chi connectivity index (χ0n) is 13.8. The van der Waals surface area contributed by atoms with E-state index in [1.807, 2.05) is 44.7 Å². The van der Waals surface area contributed by atoms with Gasteiger partial charge in [-0.1, -0.05) is 13.3 Å². The number of carbonyl (C=O) groups excluding carboxylic acids is 1. The molecule has 2 unspecified atom stereocenters. The van der Waals surface area contributed by atoms with Crippen molar-refractivity contribution in [3.8, 4) is 0 Å². The van der Waals surface area contributed by atoms with Gasteiger partial charge in [-0.15, -0.1) is 0 Å². The van der Waals surface area contributed by atoms with Gasteiger partial charge < -0.3 is 9.15 Å². The van der Waals surface area contributed by atoms with Gasteiger partial charge in [0.25, 0.3) is 0 Å². The second kappa shape index (κ2) is 6.12. The van der Waals surface area contributed by atoms with Gasteiger partial charge in [0.15, 0.2) is 0 Å². The molecule has 1 saturated heterocycles. The maximum absolute atomic E-state index is 12.5. The molecule has 0 aliphatic carbocycles. The summed E-state index contributed by atoms with van der Waals surface area (Å²) in [5, 5.41) is 0. The Hall–Kier alpha value is -1.45. The average molecular weight is 293 g/mol. The normalized spacial score (nSPS) is 23.2. The molecule has 0 saturated carbocycles. The van der Waals surface area contributed by atoms with Gasteiger partial charge in [0, 0.05) is 6.54 Å². The molecule has 4 heteroatoms. The van der Waals surface area contributed by atoms with Crippen LogP contribution >= 0.6 is 0 Å². The van der Waals surface area contributed by atoms with Crippen LogP contribution < -0.4 is 0 Å². The molecule has 1 aliphatic heterocycles. The molecule has 118 valence electrons. The topological polar surface area (TPSA) is 42.7 Å². The summed E-state index contributed by atoms with van der Waals surface area (Å²) in [4.78, 5) is 14.3. The van der Waals surface area contributed by atoms with E-state index in [0.29, 0.717) is 5.92 Å². The van der Waals surface area contributed by atoms with Crippen molar-refractivity contribution in [2.75, 3.05) is 6.54 Å². The number of aryl methyl sites for hydroxylation is 1. The van der Waals surface area contributed by atoms with E-state index in [2.05, 4.69) is 6.92 Å². The number of hydrogen-bond acceptors (Lipinski definition) is 3. The molecule has 21 heavy (non-hydrogen) atoms. The van der Waals surface area contributed by atoms with Crippen LogP contribution in [-0.2, 0) is 4.74 Å². The zero-order valence-corrected chi connectivity index (χ0v) is 13.8. The highest BCUT2D eigenvalue weighted by Crippen LogP contribution is 2.37. The Bertz CT molecular complexity index is 486. The number of hydrogen-bond donors (Lipinski definition) is 0. The molecule has 1 aliphatic rings. The molecule has 1 fully saturated rings. The molecule has 4 nitrogen and oxygen atoms in total. The van der Waals surface area contributed by atoms with E-state index < -0.39 is 5.60 Å². The summed E-state index contributed by atoms with van der Waals surface area (Å²) in [5.41, 5.74) is -0.470. The van der Waals surface area contributed by atoms with E-state index in [9.17, 15) is 4.79 Å². The number of amides is 1. The van der Waals surface area contributed by atoms with Crippen LogP contribution in [0, 0.1) is 12.8 Å². The molecule has 2 atom stereocenters. The van der Waals surface area contributed by atoms with E-state index >= 15 is 0 Å². The summed E-state index contributed by atoms with van der Waals surface area (Å²) in [5.74, 6) is 2.39.